The molecule has 6 heteroatoms. The minimum Gasteiger partial charge on any atom is -0.506 e. The molecule has 0 aromatic heterocycles. The molecular weight excluding hydrogens is 316 g/mol. The normalized spacial score (nSPS) is 9.56. The number of benzene rings is 2. The van der Waals surface area contributed by atoms with Gasteiger partial charge in [-0.1, -0.05) is 46.4 Å². The number of rotatable bonds is 0. The maximum atomic E-state index is 8.95. The SMILES string of the molecule is Nc1ccc(Cl)cc1.Oc1ccc(Cl)c(Cl)c1Cl. The maximum absolute atomic E-state index is 8.95. The summed E-state index contributed by atoms with van der Waals surface area (Å²) in [6, 6.07) is 9.92. The molecule has 0 aliphatic heterocycles. The van der Waals surface area contributed by atoms with Gasteiger partial charge < -0.3 is 10.8 Å². The predicted molar refractivity (Wildman–Crippen MR) is 79.0 cm³/mol. The Morgan fingerprint density at radius 1 is 0.778 bits per heavy atom. The third kappa shape index (κ3) is 4.46. The molecule has 0 amide bonds. The highest BCUT2D eigenvalue weighted by molar-refractivity contribution is 6.48. The number of nitrogen functional groups attached to an aromatic ring is 1. The molecule has 0 aliphatic carbocycles. The number of nitrogens with two attached hydrogens (primary N) is 1. The molecule has 2 nitrogen and oxygen atoms in total. The summed E-state index contributed by atoms with van der Waals surface area (Å²) in [6.07, 6.45) is 0. The molecule has 0 radical (unpaired) electrons. The van der Waals surface area contributed by atoms with E-state index in [9.17, 15) is 0 Å². The Kier molecular flexibility index (Phi) is 5.89. The lowest BCUT2D eigenvalue weighted by molar-refractivity contribution is 0.475. The van der Waals surface area contributed by atoms with E-state index < -0.39 is 0 Å². The molecule has 0 saturated carbocycles. The topological polar surface area (TPSA) is 46.2 Å². The highest BCUT2D eigenvalue weighted by Gasteiger charge is 2.06. The van der Waals surface area contributed by atoms with Gasteiger partial charge >= 0.3 is 0 Å². The number of hydrogen-bond donors (Lipinski definition) is 2. The Morgan fingerprint density at radius 3 is 1.78 bits per heavy atom. The van der Waals surface area contributed by atoms with Crippen molar-refractivity contribution in [1.29, 1.82) is 0 Å². The molecule has 0 bridgehead atoms. The summed E-state index contributed by atoms with van der Waals surface area (Å²) in [5.74, 6) is -0.0592. The zero-order valence-corrected chi connectivity index (χ0v) is 12.0. The van der Waals surface area contributed by atoms with E-state index in [4.69, 9.17) is 57.2 Å². The molecule has 96 valence electrons. The van der Waals surface area contributed by atoms with Crippen LogP contribution in [0.3, 0.4) is 0 Å². The molecule has 0 aliphatic rings. The molecule has 18 heavy (non-hydrogen) atoms. The van der Waals surface area contributed by atoms with Crippen LogP contribution in [-0.4, -0.2) is 5.11 Å². The van der Waals surface area contributed by atoms with E-state index in [1.807, 2.05) is 0 Å². The van der Waals surface area contributed by atoms with Crippen molar-refractivity contribution in [2.24, 2.45) is 0 Å². The van der Waals surface area contributed by atoms with Gasteiger partial charge in [0.25, 0.3) is 0 Å². The summed E-state index contributed by atoms with van der Waals surface area (Å²) in [5.41, 5.74) is 6.11. The number of hydrogen-bond acceptors (Lipinski definition) is 2. The monoisotopic (exact) mass is 323 g/mol. The van der Waals surface area contributed by atoms with Crippen LogP contribution in [0.5, 0.6) is 5.75 Å². The Balaban J connectivity index is 0.000000184. The average Bonchev–Trinajstić information content (AvgIpc) is 2.36. The van der Waals surface area contributed by atoms with Crippen molar-refractivity contribution in [3.63, 3.8) is 0 Å². The van der Waals surface area contributed by atoms with Crippen molar-refractivity contribution in [2.45, 2.75) is 0 Å². The van der Waals surface area contributed by atoms with Crippen LogP contribution in [-0.2, 0) is 0 Å². The predicted octanol–water partition coefficient (Wildman–Crippen LogP) is 5.27. The average molecular weight is 325 g/mol. The van der Waals surface area contributed by atoms with Crippen molar-refractivity contribution in [2.75, 3.05) is 5.73 Å². The lowest BCUT2D eigenvalue weighted by atomic mass is 10.3. The minimum absolute atomic E-state index is 0.0592. The molecule has 0 heterocycles. The second-order valence-electron chi connectivity index (χ2n) is 3.25. The van der Waals surface area contributed by atoms with Gasteiger partial charge in [-0.15, -0.1) is 0 Å². The molecule has 0 unspecified atom stereocenters. The summed E-state index contributed by atoms with van der Waals surface area (Å²) in [6.45, 7) is 0. The number of halogens is 4. The minimum atomic E-state index is -0.0592. The van der Waals surface area contributed by atoms with Gasteiger partial charge in [-0.05, 0) is 36.4 Å². The highest BCUT2D eigenvalue weighted by Crippen LogP contribution is 2.35. The Bertz CT molecular complexity index is 480. The molecule has 0 saturated heterocycles. The van der Waals surface area contributed by atoms with E-state index in [0.29, 0.717) is 5.02 Å². The zero-order chi connectivity index (χ0) is 13.7. The van der Waals surface area contributed by atoms with Crippen molar-refractivity contribution in [3.8, 4) is 5.75 Å². The highest BCUT2D eigenvalue weighted by atomic mass is 35.5. The maximum Gasteiger partial charge on any atom is 0.135 e. The van der Waals surface area contributed by atoms with Gasteiger partial charge in [-0.2, -0.15) is 0 Å². The van der Waals surface area contributed by atoms with Crippen LogP contribution in [0.15, 0.2) is 36.4 Å². The molecule has 2 aromatic carbocycles. The van der Waals surface area contributed by atoms with Crippen LogP contribution in [0.4, 0.5) is 5.69 Å². The lowest BCUT2D eigenvalue weighted by Crippen LogP contribution is -1.80. The van der Waals surface area contributed by atoms with E-state index in [1.54, 1.807) is 24.3 Å². The fourth-order valence-electron chi connectivity index (χ4n) is 0.978. The second kappa shape index (κ2) is 6.95. The third-order valence-corrected chi connectivity index (χ3v) is 3.42. The van der Waals surface area contributed by atoms with Crippen LogP contribution < -0.4 is 5.73 Å². The van der Waals surface area contributed by atoms with Gasteiger partial charge in [-0.25, -0.2) is 0 Å². The zero-order valence-electron chi connectivity index (χ0n) is 9.00. The number of anilines is 1. The Labute approximate surface area is 125 Å². The van der Waals surface area contributed by atoms with Gasteiger partial charge in [0.2, 0.25) is 0 Å². The van der Waals surface area contributed by atoms with Crippen LogP contribution in [0, 0.1) is 0 Å². The van der Waals surface area contributed by atoms with E-state index >= 15 is 0 Å². The Morgan fingerprint density at radius 2 is 1.33 bits per heavy atom. The first kappa shape index (κ1) is 15.3. The summed E-state index contributed by atoms with van der Waals surface area (Å²) < 4.78 is 0. The fraction of sp³-hybridized carbons (Fsp3) is 0. The molecule has 0 fully saturated rings. The van der Waals surface area contributed by atoms with Crippen LogP contribution in [0.25, 0.3) is 0 Å². The smallest absolute Gasteiger partial charge is 0.135 e. The number of phenolic OH excluding ortho intramolecular Hbond substituents is 1. The molecule has 2 aromatic rings. The summed E-state index contributed by atoms with van der Waals surface area (Å²) in [5, 5.41) is 10.3. The molecule has 3 N–H and O–H groups in total. The van der Waals surface area contributed by atoms with Gasteiger partial charge in [0.1, 0.15) is 10.8 Å². The van der Waals surface area contributed by atoms with E-state index in [-0.39, 0.29) is 15.8 Å². The van der Waals surface area contributed by atoms with Gasteiger partial charge in [-0.3, -0.25) is 0 Å². The van der Waals surface area contributed by atoms with Crippen molar-refractivity contribution in [3.05, 3.63) is 56.5 Å². The molecule has 2 rings (SSSR count). The number of phenols is 1. The van der Waals surface area contributed by atoms with Crippen molar-refractivity contribution < 1.29 is 5.11 Å². The lowest BCUT2D eigenvalue weighted by Gasteiger charge is -1.99. The summed E-state index contributed by atoms with van der Waals surface area (Å²) in [4.78, 5) is 0. The fourth-order valence-corrected chi connectivity index (χ4v) is 1.63. The van der Waals surface area contributed by atoms with Gasteiger partial charge in [0.05, 0.1) is 10.0 Å². The van der Waals surface area contributed by atoms with E-state index in [0.717, 1.165) is 10.7 Å². The third-order valence-electron chi connectivity index (χ3n) is 1.88. The van der Waals surface area contributed by atoms with Gasteiger partial charge in [0, 0.05) is 10.7 Å². The molecule has 0 atom stereocenters. The first-order valence-corrected chi connectivity index (χ1v) is 6.26. The molecular formula is C12H9Cl4NO. The largest absolute Gasteiger partial charge is 0.506 e. The first-order valence-electron chi connectivity index (χ1n) is 4.75. The van der Waals surface area contributed by atoms with E-state index in [1.165, 1.54) is 12.1 Å². The molecule has 0 spiro atoms. The van der Waals surface area contributed by atoms with Gasteiger partial charge in [0.15, 0.2) is 0 Å². The summed E-state index contributed by atoms with van der Waals surface area (Å²) in [7, 11) is 0. The van der Waals surface area contributed by atoms with Crippen molar-refractivity contribution >= 4 is 52.1 Å². The van der Waals surface area contributed by atoms with Crippen LogP contribution in [0.2, 0.25) is 20.1 Å². The Hall–Kier alpha value is -0.800. The second-order valence-corrected chi connectivity index (χ2v) is 4.85. The van der Waals surface area contributed by atoms with Crippen molar-refractivity contribution in [1.82, 2.24) is 0 Å². The standard InChI is InChI=1S/C6H3Cl3O.C6H6ClN/c7-3-1-2-4(10)6(9)5(3)8;7-5-1-3-6(8)4-2-5/h1-2,10H;1-4H,8H2. The van der Waals surface area contributed by atoms with Crippen LogP contribution >= 0.6 is 46.4 Å². The number of aromatic hydroxyl groups is 1. The van der Waals surface area contributed by atoms with E-state index in [2.05, 4.69) is 0 Å². The summed E-state index contributed by atoms with van der Waals surface area (Å²) >= 11 is 22.2. The quantitative estimate of drug-likeness (QED) is 0.512. The first-order chi connectivity index (χ1) is 8.41. The van der Waals surface area contributed by atoms with Crippen LogP contribution in [0.1, 0.15) is 0 Å².